The normalized spacial score (nSPS) is 22.0. The van der Waals surface area contributed by atoms with E-state index in [0.29, 0.717) is 12.8 Å². The van der Waals surface area contributed by atoms with Crippen molar-refractivity contribution in [3.05, 3.63) is 34.5 Å². The monoisotopic (exact) mass is 265 g/mol. The molecule has 2 N–H and O–H groups in total. The van der Waals surface area contributed by atoms with Crippen LogP contribution in [0.15, 0.2) is 29.7 Å². The van der Waals surface area contributed by atoms with Crippen molar-refractivity contribution in [2.24, 2.45) is 5.92 Å². The minimum Gasteiger partial charge on any atom is -0.481 e. The maximum Gasteiger partial charge on any atom is 0.310 e. The predicted molar refractivity (Wildman–Crippen MR) is 69.5 cm³/mol. The van der Waals surface area contributed by atoms with E-state index in [4.69, 9.17) is 5.11 Å². The molecule has 1 aromatic rings. The van der Waals surface area contributed by atoms with Gasteiger partial charge in [-0.3, -0.25) is 9.59 Å². The predicted octanol–water partition coefficient (Wildman–Crippen LogP) is 1.83. The number of carboxylic acid groups (broad SMARTS) is 1. The Bertz CT molecular complexity index is 453. The summed E-state index contributed by atoms with van der Waals surface area (Å²) in [6, 6.07) is 3.84. The van der Waals surface area contributed by atoms with Gasteiger partial charge in [0.1, 0.15) is 0 Å². The maximum absolute atomic E-state index is 11.7. The first-order valence-corrected chi connectivity index (χ1v) is 6.76. The fourth-order valence-corrected chi connectivity index (χ4v) is 2.67. The van der Waals surface area contributed by atoms with Gasteiger partial charge >= 0.3 is 5.97 Å². The van der Waals surface area contributed by atoms with E-state index in [1.807, 2.05) is 17.5 Å². The number of amides is 1. The third-order valence-electron chi connectivity index (χ3n) is 2.93. The van der Waals surface area contributed by atoms with Gasteiger partial charge in [-0.25, -0.2) is 0 Å². The summed E-state index contributed by atoms with van der Waals surface area (Å²) in [5.74, 6) is -1.32. The van der Waals surface area contributed by atoms with Crippen LogP contribution in [0.2, 0.25) is 0 Å². The molecule has 1 amide bonds. The van der Waals surface area contributed by atoms with Crippen molar-refractivity contribution < 1.29 is 14.7 Å². The highest BCUT2D eigenvalue weighted by Gasteiger charge is 2.25. The van der Waals surface area contributed by atoms with Crippen LogP contribution in [0, 0.1) is 5.92 Å². The van der Waals surface area contributed by atoms with E-state index >= 15 is 0 Å². The molecule has 18 heavy (non-hydrogen) atoms. The summed E-state index contributed by atoms with van der Waals surface area (Å²) in [6.45, 7) is 0. The zero-order valence-corrected chi connectivity index (χ0v) is 10.7. The molecule has 4 nitrogen and oxygen atoms in total. The molecule has 0 fully saturated rings. The zero-order valence-electron chi connectivity index (χ0n) is 9.83. The number of aryl methyl sites for hydroxylation is 1. The number of rotatable bonds is 5. The summed E-state index contributed by atoms with van der Waals surface area (Å²) < 4.78 is 0. The number of carboxylic acids is 1. The molecule has 96 valence electrons. The molecular formula is C13H15NO3S. The van der Waals surface area contributed by atoms with Gasteiger partial charge in [-0.2, -0.15) is 0 Å². The Morgan fingerprint density at radius 2 is 2.28 bits per heavy atom. The Morgan fingerprint density at radius 3 is 2.89 bits per heavy atom. The van der Waals surface area contributed by atoms with Gasteiger partial charge in [-0.05, 0) is 24.3 Å². The molecule has 0 saturated heterocycles. The third kappa shape index (κ3) is 3.43. The molecule has 2 unspecified atom stereocenters. The van der Waals surface area contributed by atoms with E-state index in [1.165, 1.54) is 4.88 Å². The maximum atomic E-state index is 11.7. The Hall–Kier alpha value is -1.62. The summed E-state index contributed by atoms with van der Waals surface area (Å²) in [7, 11) is 0. The van der Waals surface area contributed by atoms with E-state index in [1.54, 1.807) is 23.5 Å². The second-order valence-corrected chi connectivity index (χ2v) is 5.35. The van der Waals surface area contributed by atoms with Gasteiger partial charge in [0.15, 0.2) is 0 Å². The zero-order chi connectivity index (χ0) is 13.0. The molecule has 2 atom stereocenters. The first kappa shape index (κ1) is 12.8. The van der Waals surface area contributed by atoms with Crippen molar-refractivity contribution in [2.45, 2.75) is 25.3 Å². The fraction of sp³-hybridized carbons (Fsp3) is 0.385. The molecule has 0 bridgehead atoms. The molecular weight excluding hydrogens is 250 g/mol. The average molecular weight is 265 g/mol. The molecule has 5 heteroatoms. The Morgan fingerprint density at radius 1 is 1.44 bits per heavy atom. The summed E-state index contributed by atoms with van der Waals surface area (Å²) in [4.78, 5) is 23.6. The molecule has 1 heterocycles. The number of carbonyl (C=O) groups is 2. The van der Waals surface area contributed by atoms with Crippen LogP contribution in [0.3, 0.4) is 0 Å². The van der Waals surface area contributed by atoms with E-state index in [0.717, 1.165) is 6.42 Å². The number of nitrogens with one attached hydrogen (secondary N) is 1. The van der Waals surface area contributed by atoms with Crippen molar-refractivity contribution in [1.82, 2.24) is 5.32 Å². The smallest absolute Gasteiger partial charge is 0.310 e. The van der Waals surface area contributed by atoms with Gasteiger partial charge in [0, 0.05) is 17.3 Å². The number of hydrogen-bond donors (Lipinski definition) is 2. The molecule has 1 aliphatic rings. The molecule has 0 spiro atoms. The van der Waals surface area contributed by atoms with Crippen LogP contribution < -0.4 is 5.32 Å². The van der Waals surface area contributed by atoms with Gasteiger partial charge < -0.3 is 10.4 Å². The lowest BCUT2D eigenvalue weighted by Gasteiger charge is -2.11. The average Bonchev–Trinajstić information content (AvgIpc) is 2.96. The first-order valence-electron chi connectivity index (χ1n) is 5.88. The second kappa shape index (κ2) is 5.82. The van der Waals surface area contributed by atoms with Crippen molar-refractivity contribution in [2.75, 3.05) is 0 Å². The van der Waals surface area contributed by atoms with Crippen LogP contribution in [-0.4, -0.2) is 23.0 Å². The number of aliphatic carboxylic acids is 1. The van der Waals surface area contributed by atoms with Crippen molar-refractivity contribution in [3.8, 4) is 0 Å². The molecule has 1 aromatic heterocycles. The van der Waals surface area contributed by atoms with Gasteiger partial charge in [0.25, 0.3) is 0 Å². The minimum absolute atomic E-state index is 0.0240. The van der Waals surface area contributed by atoms with Crippen LogP contribution in [0.5, 0.6) is 0 Å². The standard InChI is InChI=1S/C13H15NO3S/c15-12(6-5-11-2-1-7-18-11)14-10-4-3-9(8-10)13(16)17/h1-4,7,9-10H,5-6,8H2,(H,14,15)(H,16,17). The van der Waals surface area contributed by atoms with E-state index < -0.39 is 11.9 Å². The quantitative estimate of drug-likeness (QED) is 0.798. The lowest BCUT2D eigenvalue weighted by atomic mass is 10.1. The van der Waals surface area contributed by atoms with Gasteiger partial charge in [0.05, 0.1) is 5.92 Å². The van der Waals surface area contributed by atoms with Crippen LogP contribution in [0.25, 0.3) is 0 Å². The second-order valence-electron chi connectivity index (χ2n) is 4.32. The van der Waals surface area contributed by atoms with Crippen LogP contribution in [-0.2, 0) is 16.0 Å². The van der Waals surface area contributed by atoms with E-state index in [2.05, 4.69) is 5.32 Å². The molecule has 2 rings (SSSR count). The van der Waals surface area contributed by atoms with Crippen molar-refractivity contribution in [1.29, 1.82) is 0 Å². The van der Waals surface area contributed by atoms with Gasteiger partial charge in [-0.15, -0.1) is 11.3 Å². The lowest BCUT2D eigenvalue weighted by molar-refractivity contribution is -0.140. The largest absolute Gasteiger partial charge is 0.481 e. The molecule has 0 aromatic carbocycles. The SMILES string of the molecule is O=C(CCc1cccs1)NC1C=CC(C(=O)O)C1. The molecule has 0 aliphatic heterocycles. The molecule has 0 radical (unpaired) electrons. The Balaban J connectivity index is 1.72. The van der Waals surface area contributed by atoms with Crippen molar-refractivity contribution >= 4 is 23.2 Å². The molecule has 0 saturated carbocycles. The Kier molecular flexibility index (Phi) is 4.15. The van der Waals surface area contributed by atoms with Crippen LogP contribution in [0.1, 0.15) is 17.7 Å². The highest BCUT2D eigenvalue weighted by atomic mass is 32.1. The van der Waals surface area contributed by atoms with Gasteiger partial charge in [-0.1, -0.05) is 18.2 Å². The minimum atomic E-state index is -0.832. The third-order valence-corrected chi connectivity index (χ3v) is 3.86. The fourth-order valence-electron chi connectivity index (χ4n) is 1.96. The van der Waals surface area contributed by atoms with Gasteiger partial charge in [0.2, 0.25) is 5.91 Å². The topological polar surface area (TPSA) is 66.4 Å². The van der Waals surface area contributed by atoms with Crippen LogP contribution in [0.4, 0.5) is 0 Å². The highest BCUT2D eigenvalue weighted by Crippen LogP contribution is 2.18. The summed E-state index contributed by atoms with van der Waals surface area (Å²) >= 11 is 1.64. The van der Waals surface area contributed by atoms with E-state index in [9.17, 15) is 9.59 Å². The van der Waals surface area contributed by atoms with E-state index in [-0.39, 0.29) is 11.9 Å². The van der Waals surface area contributed by atoms with Crippen molar-refractivity contribution in [3.63, 3.8) is 0 Å². The molecule has 1 aliphatic carbocycles. The van der Waals surface area contributed by atoms with Crippen LogP contribution >= 0.6 is 11.3 Å². The summed E-state index contributed by atoms with van der Waals surface area (Å²) in [5.41, 5.74) is 0. The Labute approximate surface area is 109 Å². The lowest BCUT2D eigenvalue weighted by Crippen LogP contribution is -2.33. The summed E-state index contributed by atoms with van der Waals surface area (Å²) in [6.07, 6.45) is 5.05. The number of hydrogen-bond acceptors (Lipinski definition) is 3. The number of carbonyl (C=O) groups excluding carboxylic acids is 1. The first-order chi connectivity index (χ1) is 8.65. The highest BCUT2D eigenvalue weighted by molar-refractivity contribution is 7.09. The number of thiophene rings is 1. The summed E-state index contributed by atoms with van der Waals surface area (Å²) in [5, 5.41) is 13.7.